The number of aryl methyl sites for hydroxylation is 2. The lowest BCUT2D eigenvalue weighted by atomic mass is 10.3. The van der Waals surface area contributed by atoms with Crippen molar-refractivity contribution in [3.63, 3.8) is 0 Å². The van der Waals surface area contributed by atoms with E-state index in [1.165, 1.54) is 4.68 Å². The quantitative estimate of drug-likeness (QED) is 0.717. The minimum Gasteiger partial charge on any atom is -0.253 e. The third kappa shape index (κ3) is 3.10. The Morgan fingerprint density at radius 3 is 2.58 bits per heavy atom. The van der Waals surface area contributed by atoms with Gasteiger partial charge in [0.15, 0.2) is 5.03 Å². The Morgan fingerprint density at radius 2 is 1.92 bits per heavy atom. The van der Waals surface area contributed by atoms with Crippen molar-refractivity contribution in [2.75, 3.05) is 4.72 Å². The third-order valence-corrected chi connectivity index (χ3v) is 5.66. The summed E-state index contributed by atoms with van der Waals surface area (Å²) in [6.07, 6.45) is 2.13. The maximum absolute atomic E-state index is 12.8. The van der Waals surface area contributed by atoms with Crippen molar-refractivity contribution in [2.45, 2.75) is 44.2 Å². The molecular weight excluding hydrogens is 352 g/mol. The van der Waals surface area contributed by atoms with Crippen LogP contribution in [0.25, 0.3) is 5.69 Å². The van der Waals surface area contributed by atoms with Crippen LogP contribution < -0.4 is 4.72 Å². The lowest BCUT2D eigenvalue weighted by molar-refractivity contribution is 0.555. The van der Waals surface area contributed by atoms with Gasteiger partial charge in [0.1, 0.15) is 5.82 Å². The molecule has 9 heteroatoms. The largest absolute Gasteiger partial charge is 0.281 e. The van der Waals surface area contributed by atoms with E-state index in [-0.39, 0.29) is 11.0 Å². The topological polar surface area (TPSA) is 94.7 Å². The van der Waals surface area contributed by atoms with E-state index in [2.05, 4.69) is 19.9 Å². The summed E-state index contributed by atoms with van der Waals surface area (Å²) >= 11 is 0. The molecule has 3 aromatic rings. The first-order valence-corrected chi connectivity index (χ1v) is 10.1. The predicted octanol–water partition coefficient (Wildman–Crippen LogP) is 2.47. The van der Waals surface area contributed by atoms with Gasteiger partial charge in [0.05, 0.1) is 11.4 Å². The maximum atomic E-state index is 12.8. The summed E-state index contributed by atoms with van der Waals surface area (Å²) in [5, 5.41) is 8.86. The van der Waals surface area contributed by atoms with Crippen molar-refractivity contribution in [1.82, 2.24) is 24.5 Å². The second-order valence-corrected chi connectivity index (χ2v) is 7.96. The Labute approximate surface area is 151 Å². The van der Waals surface area contributed by atoms with Gasteiger partial charge in [-0.25, -0.2) is 9.40 Å². The van der Waals surface area contributed by atoms with E-state index >= 15 is 0 Å². The number of nitrogens with zero attached hydrogens (tertiary/aromatic N) is 5. The molecule has 2 aromatic heterocycles. The molecule has 0 unspecified atom stereocenters. The molecule has 1 aliphatic rings. The van der Waals surface area contributed by atoms with Crippen LogP contribution in [0.1, 0.15) is 37.2 Å². The minimum atomic E-state index is -3.81. The van der Waals surface area contributed by atoms with E-state index in [1.807, 2.05) is 37.3 Å². The Bertz CT molecular complexity index is 1030. The highest BCUT2D eigenvalue weighted by Gasteiger charge is 2.30. The lowest BCUT2D eigenvalue weighted by Crippen LogP contribution is -2.18. The van der Waals surface area contributed by atoms with Gasteiger partial charge in [0, 0.05) is 18.5 Å². The third-order valence-electron chi connectivity index (χ3n) is 4.33. The van der Waals surface area contributed by atoms with Crippen LogP contribution in [0.3, 0.4) is 0 Å². The van der Waals surface area contributed by atoms with Crippen LogP contribution in [0.15, 0.2) is 41.4 Å². The summed E-state index contributed by atoms with van der Waals surface area (Å²) in [6.45, 7) is 4.13. The molecule has 0 amide bonds. The standard InChI is InChI=1S/C17H20N6O2S/c1-3-22-16(11-15(19-22)13-9-10-13)26(24,25)21-17-18-12(2)23(20-17)14-7-5-4-6-8-14/h4-8,11,13H,3,9-10H2,1-2H3,(H,20,21). The number of rotatable bonds is 6. The molecule has 1 saturated carbocycles. The van der Waals surface area contributed by atoms with Gasteiger partial charge in [-0.2, -0.15) is 18.5 Å². The summed E-state index contributed by atoms with van der Waals surface area (Å²) < 4.78 is 31.3. The van der Waals surface area contributed by atoms with Crippen LogP contribution in [-0.2, 0) is 16.6 Å². The zero-order valence-electron chi connectivity index (χ0n) is 14.6. The van der Waals surface area contributed by atoms with Crippen molar-refractivity contribution in [3.8, 4) is 5.69 Å². The van der Waals surface area contributed by atoms with E-state index in [0.717, 1.165) is 24.2 Å². The van der Waals surface area contributed by atoms with E-state index in [4.69, 9.17) is 0 Å². The van der Waals surface area contributed by atoms with Gasteiger partial charge in [0.2, 0.25) is 0 Å². The van der Waals surface area contributed by atoms with Crippen LogP contribution in [0, 0.1) is 6.92 Å². The van der Waals surface area contributed by atoms with Gasteiger partial charge >= 0.3 is 0 Å². The maximum Gasteiger partial charge on any atom is 0.281 e. The number of nitrogens with one attached hydrogen (secondary N) is 1. The molecule has 8 nitrogen and oxygen atoms in total. The highest BCUT2D eigenvalue weighted by Crippen LogP contribution is 2.40. The van der Waals surface area contributed by atoms with E-state index in [0.29, 0.717) is 18.3 Å². The van der Waals surface area contributed by atoms with Crippen LogP contribution in [0.4, 0.5) is 5.95 Å². The number of anilines is 1. The normalized spacial score (nSPS) is 14.5. The monoisotopic (exact) mass is 372 g/mol. The number of sulfonamides is 1. The SMILES string of the molecule is CCn1nc(C2CC2)cc1S(=O)(=O)Nc1nc(C)n(-c2ccccc2)n1. The summed E-state index contributed by atoms with van der Waals surface area (Å²) in [5.41, 5.74) is 1.66. The smallest absolute Gasteiger partial charge is 0.253 e. The van der Waals surface area contributed by atoms with Crippen LogP contribution in [0.5, 0.6) is 0 Å². The zero-order chi connectivity index (χ0) is 18.3. The molecule has 4 rings (SSSR count). The summed E-state index contributed by atoms with van der Waals surface area (Å²) in [4.78, 5) is 4.24. The van der Waals surface area contributed by atoms with Crippen molar-refractivity contribution < 1.29 is 8.42 Å². The van der Waals surface area contributed by atoms with Crippen molar-refractivity contribution in [2.24, 2.45) is 0 Å². The Hall–Kier alpha value is -2.68. The Balaban J connectivity index is 1.65. The average molecular weight is 372 g/mol. The average Bonchev–Trinajstić information content (AvgIpc) is 3.27. The molecule has 136 valence electrons. The van der Waals surface area contributed by atoms with Gasteiger partial charge in [-0.15, -0.1) is 5.10 Å². The first kappa shape index (κ1) is 16.8. The van der Waals surface area contributed by atoms with Gasteiger partial charge in [0.25, 0.3) is 16.0 Å². The molecule has 0 spiro atoms. The van der Waals surface area contributed by atoms with Crippen LogP contribution in [0.2, 0.25) is 0 Å². The van der Waals surface area contributed by atoms with Gasteiger partial charge in [-0.05, 0) is 38.8 Å². The molecule has 0 bridgehead atoms. The second-order valence-electron chi connectivity index (χ2n) is 6.33. The van der Waals surface area contributed by atoms with Crippen molar-refractivity contribution in [3.05, 3.63) is 47.9 Å². The molecule has 1 fully saturated rings. The molecule has 0 radical (unpaired) electrons. The second kappa shape index (κ2) is 6.24. The highest BCUT2D eigenvalue weighted by atomic mass is 32.2. The Kier molecular flexibility index (Phi) is 4.03. The number of para-hydroxylation sites is 1. The zero-order valence-corrected chi connectivity index (χ0v) is 15.4. The fourth-order valence-corrected chi connectivity index (χ4v) is 4.01. The first-order valence-electron chi connectivity index (χ1n) is 8.57. The molecule has 1 aliphatic carbocycles. The number of benzene rings is 1. The van der Waals surface area contributed by atoms with E-state index in [1.54, 1.807) is 17.7 Å². The molecule has 1 aromatic carbocycles. The molecule has 1 N–H and O–H groups in total. The van der Waals surface area contributed by atoms with Gasteiger partial charge < -0.3 is 0 Å². The van der Waals surface area contributed by atoms with Gasteiger partial charge in [-0.1, -0.05) is 18.2 Å². The van der Waals surface area contributed by atoms with Crippen LogP contribution >= 0.6 is 0 Å². The first-order chi connectivity index (χ1) is 12.5. The van der Waals surface area contributed by atoms with Gasteiger partial charge in [-0.3, -0.25) is 4.68 Å². The lowest BCUT2D eigenvalue weighted by Gasteiger charge is -2.06. The summed E-state index contributed by atoms with van der Waals surface area (Å²) in [7, 11) is -3.81. The molecular formula is C17H20N6O2S. The molecule has 0 atom stereocenters. The molecule has 26 heavy (non-hydrogen) atoms. The number of hydrogen-bond donors (Lipinski definition) is 1. The predicted molar refractivity (Wildman–Crippen MR) is 96.8 cm³/mol. The molecule has 2 heterocycles. The fourth-order valence-electron chi connectivity index (χ4n) is 2.86. The van der Waals surface area contributed by atoms with Crippen molar-refractivity contribution in [1.29, 1.82) is 0 Å². The number of aromatic nitrogens is 5. The summed E-state index contributed by atoms with van der Waals surface area (Å²) in [6, 6.07) is 11.1. The fraction of sp³-hybridized carbons (Fsp3) is 0.353. The van der Waals surface area contributed by atoms with E-state index < -0.39 is 10.0 Å². The number of hydrogen-bond acceptors (Lipinski definition) is 5. The minimum absolute atomic E-state index is 0.0446. The van der Waals surface area contributed by atoms with Crippen LogP contribution in [-0.4, -0.2) is 33.0 Å². The van der Waals surface area contributed by atoms with E-state index in [9.17, 15) is 8.42 Å². The van der Waals surface area contributed by atoms with Crippen molar-refractivity contribution >= 4 is 16.0 Å². The summed E-state index contributed by atoms with van der Waals surface area (Å²) in [5.74, 6) is 1.02. The Morgan fingerprint density at radius 1 is 1.19 bits per heavy atom. The molecule has 0 saturated heterocycles. The molecule has 0 aliphatic heterocycles. The highest BCUT2D eigenvalue weighted by molar-refractivity contribution is 7.92.